The molecule has 0 N–H and O–H groups in total. The van der Waals surface area contributed by atoms with E-state index in [2.05, 4.69) is 9.97 Å². The van der Waals surface area contributed by atoms with E-state index in [0.29, 0.717) is 33.8 Å². The molecule has 2 aliphatic rings. The van der Waals surface area contributed by atoms with Gasteiger partial charge in [0, 0.05) is 6.07 Å². The first-order valence-electron chi connectivity index (χ1n) is 10.2. The molecule has 2 fully saturated rings. The lowest BCUT2D eigenvalue weighted by molar-refractivity contribution is 0.00578. The smallest absolute Gasteiger partial charge is 0.443 e. The van der Waals surface area contributed by atoms with Crippen LogP contribution in [0.25, 0.3) is 22.2 Å². The van der Waals surface area contributed by atoms with Crippen molar-refractivity contribution in [2.24, 2.45) is 0 Å². The third-order valence-corrected chi connectivity index (χ3v) is 6.84. The second kappa shape index (κ2) is 5.88. The molecule has 5 rings (SSSR count). The molecule has 2 aliphatic heterocycles. The fraction of sp³-hybridized carbons (Fsp3) is 0.600. The molecule has 8 nitrogen and oxygen atoms in total. The molecule has 0 unspecified atom stereocenters. The molecule has 1 aromatic carbocycles. The van der Waals surface area contributed by atoms with Crippen LogP contribution in [0.4, 0.5) is 0 Å². The highest BCUT2D eigenvalue weighted by atomic mass is 16.7. The SMILES string of the molecule is CC1(C)OB(c2nc3cc4nc(B5OC(C)(C)C(C)(C)O5)oc4cc3o2)OC1(C)C. The zero-order valence-corrected chi connectivity index (χ0v) is 18.7. The molecule has 2 aromatic heterocycles. The van der Waals surface area contributed by atoms with Gasteiger partial charge in [0.2, 0.25) is 11.6 Å². The van der Waals surface area contributed by atoms with E-state index in [-0.39, 0.29) is 0 Å². The Bertz CT molecular complexity index is 980. The number of fused-ring (bicyclic) bond motifs is 2. The van der Waals surface area contributed by atoms with Gasteiger partial charge in [-0.15, -0.1) is 0 Å². The number of oxazole rings is 2. The van der Waals surface area contributed by atoms with Crippen LogP contribution >= 0.6 is 0 Å². The minimum Gasteiger partial charge on any atom is -0.443 e. The summed E-state index contributed by atoms with van der Waals surface area (Å²) in [6, 6.07) is 3.59. The van der Waals surface area contributed by atoms with Crippen LogP contribution in [-0.2, 0) is 18.6 Å². The average Bonchev–Trinajstić information content (AvgIpc) is 3.28. The van der Waals surface area contributed by atoms with E-state index in [1.807, 2.05) is 61.5 Å². The van der Waals surface area contributed by atoms with Crippen molar-refractivity contribution in [3.05, 3.63) is 12.1 Å². The molecular formula is C20H26B2N2O6. The predicted octanol–water partition coefficient (Wildman–Crippen LogP) is 2.57. The molecule has 0 radical (unpaired) electrons. The Kier molecular flexibility index (Phi) is 3.93. The Balaban J connectivity index is 1.47. The summed E-state index contributed by atoms with van der Waals surface area (Å²) >= 11 is 0. The van der Waals surface area contributed by atoms with Gasteiger partial charge in [-0.1, -0.05) is 0 Å². The summed E-state index contributed by atoms with van der Waals surface area (Å²) in [5.74, 6) is 0.755. The van der Waals surface area contributed by atoms with Crippen molar-refractivity contribution in [1.82, 2.24) is 9.97 Å². The largest absolute Gasteiger partial charge is 0.554 e. The number of hydrogen-bond acceptors (Lipinski definition) is 8. The van der Waals surface area contributed by atoms with Crippen molar-refractivity contribution in [2.45, 2.75) is 77.8 Å². The van der Waals surface area contributed by atoms with E-state index in [0.717, 1.165) is 0 Å². The fourth-order valence-electron chi connectivity index (χ4n) is 3.47. The van der Waals surface area contributed by atoms with E-state index in [9.17, 15) is 0 Å². The summed E-state index contributed by atoms with van der Waals surface area (Å²) in [7, 11) is -1.33. The van der Waals surface area contributed by atoms with Crippen molar-refractivity contribution in [1.29, 1.82) is 0 Å². The van der Waals surface area contributed by atoms with Crippen LogP contribution in [0.3, 0.4) is 0 Å². The lowest BCUT2D eigenvalue weighted by atomic mass is 9.90. The van der Waals surface area contributed by atoms with E-state index < -0.39 is 36.6 Å². The van der Waals surface area contributed by atoms with E-state index in [4.69, 9.17) is 27.5 Å². The van der Waals surface area contributed by atoms with Gasteiger partial charge in [-0.2, -0.15) is 0 Å². The van der Waals surface area contributed by atoms with Crippen molar-refractivity contribution in [3.63, 3.8) is 0 Å². The zero-order chi connectivity index (χ0) is 21.7. The number of benzene rings is 1. The molecule has 0 atom stereocenters. The molecule has 0 saturated carbocycles. The van der Waals surface area contributed by atoms with E-state index in [1.165, 1.54) is 0 Å². The average molecular weight is 412 g/mol. The minimum absolute atomic E-state index is 0.377. The minimum atomic E-state index is -0.665. The van der Waals surface area contributed by atoms with Crippen LogP contribution in [0.15, 0.2) is 21.0 Å². The Morgan fingerprint density at radius 3 is 1.23 bits per heavy atom. The van der Waals surface area contributed by atoms with Crippen LogP contribution in [-0.4, -0.2) is 46.6 Å². The lowest BCUT2D eigenvalue weighted by Gasteiger charge is -2.32. The summed E-state index contributed by atoms with van der Waals surface area (Å²) < 4.78 is 36.0. The summed E-state index contributed by atoms with van der Waals surface area (Å²) in [5, 5.41) is 0. The first-order chi connectivity index (χ1) is 13.8. The van der Waals surface area contributed by atoms with Crippen molar-refractivity contribution in [2.75, 3.05) is 0 Å². The highest BCUT2D eigenvalue weighted by Gasteiger charge is 2.55. The summed E-state index contributed by atoms with van der Waals surface area (Å²) in [6.45, 7) is 15.9. The molecule has 3 aromatic rings. The molecule has 4 heterocycles. The lowest BCUT2D eigenvalue weighted by Crippen LogP contribution is -2.41. The second-order valence-corrected chi connectivity index (χ2v) is 10.1. The molecule has 0 spiro atoms. The normalized spacial score (nSPS) is 24.4. The van der Waals surface area contributed by atoms with Gasteiger partial charge in [0.1, 0.15) is 11.0 Å². The Morgan fingerprint density at radius 2 is 0.900 bits per heavy atom. The van der Waals surface area contributed by atoms with E-state index in [1.54, 1.807) is 6.07 Å². The summed E-state index contributed by atoms with van der Waals surface area (Å²) in [6.07, 6.45) is 0. The summed E-state index contributed by atoms with van der Waals surface area (Å²) in [5.41, 5.74) is 0.585. The van der Waals surface area contributed by atoms with Crippen LogP contribution in [0.5, 0.6) is 0 Å². The quantitative estimate of drug-likeness (QED) is 0.594. The molecule has 0 amide bonds. The molecule has 158 valence electrons. The standard InChI is InChI=1S/C20H26B2N2O6/c1-17(2)18(3,4)28-21(27-17)15-23-11-9-12-14(10-13(11)25-15)26-16(24-12)22-29-19(5,6)20(7,8)30-22/h9-10H,1-8H3. The number of nitrogens with zero attached hydrogens (tertiary/aromatic N) is 2. The van der Waals surface area contributed by atoms with Gasteiger partial charge < -0.3 is 27.5 Å². The molecule has 0 aliphatic carbocycles. The van der Waals surface area contributed by atoms with Gasteiger partial charge in [0.05, 0.1) is 22.4 Å². The van der Waals surface area contributed by atoms with Gasteiger partial charge in [-0.3, -0.25) is 0 Å². The third kappa shape index (κ3) is 2.85. The topological polar surface area (TPSA) is 89.0 Å². The van der Waals surface area contributed by atoms with Crippen molar-refractivity contribution >= 4 is 48.0 Å². The van der Waals surface area contributed by atoms with Gasteiger partial charge in [0.25, 0.3) is 0 Å². The zero-order valence-electron chi connectivity index (χ0n) is 18.7. The first kappa shape index (κ1) is 20.1. The maximum atomic E-state index is 6.03. The maximum absolute atomic E-state index is 6.03. The molecular weight excluding hydrogens is 386 g/mol. The Hall–Kier alpha value is -1.87. The Labute approximate surface area is 175 Å². The number of rotatable bonds is 2. The van der Waals surface area contributed by atoms with Crippen LogP contribution in [0.1, 0.15) is 55.4 Å². The highest BCUT2D eigenvalue weighted by Crippen LogP contribution is 2.38. The van der Waals surface area contributed by atoms with Gasteiger partial charge in [-0.25, -0.2) is 9.97 Å². The summed E-state index contributed by atoms with van der Waals surface area (Å²) in [4.78, 5) is 9.14. The second-order valence-electron chi connectivity index (χ2n) is 10.1. The van der Waals surface area contributed by atoms with Crippen LogP contribution < -0.4 is 11.6 Å². The number of aromatic nitrogens is 2. The van der Waals surface area contributed by atoms with Crippen molar-refractivity contribution in [3.8, 4) is 0 Å². The van der Waals surface area contributed by atoms with Crippen molar-refractivity contribution < 1.29 is 27.5 Å². The van der Waals surface area contributed by atoms with Gasteiger partial charge in [-0.05, 0) is 61.5 Å². The highest BCUT2D eigenvalue weighted by molar-refractivity contribution is 6.60. The van der Waals surface area contributed by atoms with Gasteiger partial charge in [0.15, 0.2) is 11.2 Å². The van der Waals surface area contributed by atoms with E-state index >= 15 is 0 Å². The molecule has 10 heteroatoms. The predicted molar refractivity (Wildman–Crippen MR) is 113 cm³/mol. The first-order valence-corrected chi connectivity index (χ1v) is 10.2. The fourth-order valence-corrected chi connectivity index (χ4v) is 3.47. The third-order valence-electron chi connectivity index (χ3n) is 6.84. The van der Waals surface area contributed by atoms with Crippen LogP contribution in [0.2, 0.25) is 0 Å². The molecule has 0 bridgehead atoms. The van der Waals surface area contributed by atoms with Gasteiger partial charge >= 0.3 is 14.2 Å². The Morgan fingerprint density at radius 1 is 0.567 bits per heavy atom. The molecule has 30 heavy (non-hydrogen) atoms. The maximum Gasteiger partial charge on any atom is 0.554 e. The van der Waals surface area contributed by atoms with Crippen LogP contribution in [0, 0.1) is 0 Å². The number of hydrogen-bond donors (Lipinski definition) is 0. The molecule has 2 saturated heterocycles. The monoisotopic (exact) mass is 412 g/mol.